The second kappa shape index (κ2) is 4.68. The van der Waals surface area contributed by atoms with Gasteiger partial charge in [-0.2, -0.15) is 4.98 Å². The molecular formula is C13H13FN2O2. The monoisotopic (exact) mass is 248 g/mol. The predicted molar refractivity (Wildman–Crippen MR) is 63.6 cm³/mol. The molecule has 5 heteroatoms. The lowest BCUT2D eigenvalue weighted by Gasteiger charge is -2.08. The third-order valence-electron chi connectivity index (χ3n) is 2.54. The van der Waals surface area contributed by atoms with Crippen LogP contribution in [0.2, 0.25) is 0 Å². The van der Waals surface area contributed by atoms with E-state index in [2.05, 4.69) is 10.1 Å². The van der Waals surface area contributed by atoms with E-state index < -0.39 is 5.82 Å². The van der Waals surface area contributed by atoms with Gasteiger partial charge in [0.05, 0.1) is 0 Å². The zero-order valence-corrected chi connectivity index (χ0v) is 10.4. The standard InChI is InChI=1S/C13H13FN2O2/c1-7(2)12(17)10-5-4-9(14)6-11(10)13-15-8(3)18-16-13/h4-7H,1-3H3. The number of aromatic nitrogens is 2. The Morgan fingerprint density at radius 3 is 2.67 bits per heavy atom. The maximum Gasteiger partial charge on any atom is 0.223 e. The van der Waals surface area contributed by atoms with E-state index >= 15 is 0 Å². The summed E-state index contributed by atoms with van der Waals surface area (Å²) < 4.78 is 18.2. The fraction of sp³-hybridized carbons (Fsp3) is 0.308. The average molecular weight is 248 g/mol. The minimum absolute atomic E-state index is 0.0764. The van der Waals surface area contributed by atoms with E-state index in [1.165, 1.54) is 18.2 Å². The van der Waals surface area contributed by atoms with Gasteiger partial charge in [0, 0.05) is 24.0 Å². The van der Waals surface area contributed by atoms with Gasteiger partial charge < -0.3 is 4.52 Å². The first-order valence-corrected chi connectivity index (χ1v) is 5.63. The Bertz CT molecular complexity index is 590. The van der Waals surface area contributed by atoms with Crippen molar-refractivity contribution in [1.82, 2.24) is 10.1 Å². The van der Waals surface area contributed by atoms with Crippen LogP contribution in [0.3, 0.4) is 0 Å². The van der Waals surface area contributed by atoms with E-state index in [-0.39, 0.29) is 17.5 Å². The zero-order valence-electron chi connectivity index (χ0n) is 10.4. The van der Waals surface area contributed by atoms with Crippen LogP contribution in [0.5, 0.6) is 0 Å². The van der Waals surface area contributed by atoms with Gasteiger partial charge in [0.15, 0.2) is 5.78 Å². The predicted octanol–water partition coefficient (Wildman–Crippen LogP) is 3.02. The summed E-state index contributed by atoms with van der Waals surface area (Å²) in [6, 6.07) is 3.96. The Balaban J connectivity index is 2.57. The van der Waals surface area contributed by atoms with Crippen LogP contribution in [0.4, 0.5) is 4.39 Å². The molecule has 0 spiro atoms. The second-order valence-corrected chi connectivity index (χ2v) is 4.35. The number of Topliss-reactive ketones (excluding diaryl/α,β-unsaturated/α-hetero) is 1. The van der Waals surface area contributed by atoms with Crippen molar-refractivity contribution in [2.24, 2.45) is 5.92 Å². The number of carbonyl (C=O) groups excluding carboxylic acids is 1. The van der Waals surface area contributed by atoms with Crippen LogP contribution in [0, 0.1) is 18.7 Å². The third-order valence-corrected chi connectivity index (χ3v) is 2.54. The smallest absolute Gasteiger partial charge is 0.223 e. The Morgan fingerprint density at radius 2 is 2.11 bits per heavy atom. The summed E-state index contributed by atoms with van der Waals surface area (Å²) in [5.74, 6) is -0.0874. The van der Waals surface area contributed by atoms with Gasteiger partial charge >= 0.3 is 0 Å². The highest BCUT2D eigenvalue weighted by molar-refractivity contribution is 6.02. The summed E-state index contributed by atoms with van der Waals surface area (Å²) in [5, 5.41) is 3.72. The van der Waals surface area contributed by atoms with Crippen molar-refractivity contribution < 1.29 is 13.7 Å². The molecule has 0 N–H and O–H groups in total. The molecule has 1 aromatic heterocycles. The van der Waals surface area contributed by atoms with Crippen molar-refractivity contribution in [2.45, 2.75) is 20.8 Å². The summed E-state index contributed by atoms with van der Waals surface area (Å²) in [7, 11) is 0. The molecule has 0 aliphatic rings. The van der Waals surface area contributed by atoms with E-state index in [9.17, 15) is 9.18 Å². The van der Waals surface area contributed by atoms with Gasteiger partial charge in [-0.25, -0.2) is 4.39 Å². The molecule has 4 nitrogen and oxygen atoms in total. The molecule has 0 unspecified atom stereocenters. The topological polar surface area (TPSA) is 56.0 Å². The lowest BCUT2D eigenvalue weighted by molar-refractivity contribution is 0.0940. The molecule has 0 fully saturated rings. The highest BCUT2D eigenvalue weighted by Crippen LogP contribution is 2.24. The Morgan fingerprint density at radius 1 is 1.39 bits per heavy atom. The van der Waals surface area contributed by atoms with Crippen LogP contribution in [0.25, 0.3) is 11.4 Å². The number of aryl methyl sites for hydroxylation is 1. The maximum atomic E-state index is 13.3. The number of halogens is 1. The highest BCUT2D eigenvalue weighted by atomic mass is 19.1. The molecule has 0 atom stereocenters. The van der Waals surface area contributed by atoms with Crippen molar-refractivity contribution in [3.63, 3.8) is 0 Å². The second-order valence-electron chi connectivity index (χ2n) is 4.35. The number of carbonyl (C=O) groups is 1. The summed E-state index contributed by atoms with van der Waals surface area (Å²) in [4.78, 5) is 16.1. The molecule has 94 valence electrons. The number of hydrogen-bond donors (Lipinski definition) is 0. The molecule has 18 heavy (non-hydrogen) atoms. The average Bonchev–Trinajstić information content (AvgIpc) is 2.74. The quantitative estimate of drug-likeness (QED) is 0.783. The number of ketones is 1. The number of nitrogens with zero attached hydrogens (tertiary/aromatic N) is 2. The first kappa shape index (κ1) is 12.4. The summed E-state index contributed by atoms with van der Waals surface area (Å²) in [5.41, 5.74) is 0.776. The molecule has 2 rings (SSSR count). The number of benzene rings is 1. The van der Waals surface area contributed by atoms with Crippen LogP contribution in [-0.4, -0.2) is 15.9 Å². The van der Waals surface area contributed by atoms with Gasteiger partial charge in [-0.05, 0) is 18.2 Å². The van der Waals surface area contributed by atoms with Gasteiger partial charge in [-0.3, -0.25) is 4.79 Å². The molecule has 2 aromatic rings. The van der Waals surface area contributed by atoms with Crippen LogP contribution in [-0.2, 0) is 0 Å². The minimum Gasteiger partial charge on any atom is -0.339 e. The van der Waals surface area contributed by atoms with Crippen LogP contribution >= 0.6 is 0 Å². The van der Waals surface area contributed by atoms with Crippen molar-refractivity contribution in [1.29, 1.82) is 0 Å². The van der Waals surface area contributed by atoms with E-state index in [0.717, 1.165) is 0 Å². The molecule has 1 aromatic carbocycles. The molecule has 1 heterocycles. The first-order valence-electron chi connectivity index (χ1n) is 5.63. The fourth-order valence-electron chi connectivity index (χ4n) is 1.64. The van der Waals surface area contributed by atoms with E-state index in [1.54, 1.807) is 20.8 Å². The maximum absolute atomic E-state index is 13.3. The summed E-state index contributed by atoms with van der Waals surface area (Å²) >= 11 is 0. The SMILES string of the molecule is Cc1nc(-c2cc(F)ccc2C(=O)C(C)C)no1. The highest BCUT2D eigenvalue weighted by Gasteiger charge is 2.19. The normalized spacial score (nSPS) is 10.9. The molecule has 0 amide bonds. The van der Waals surface area contributed by atoms with Crippen molar-refractivity contribution in [2.75, 3.05) is 0 Å². The van der Waals surface area contributed by atoms with E-state index in [0.29, 0.717) is 17.0 Å². The lowest BCUT2D eigenvalue weighted by Crippen LogP contribution is -2.09. The molecule has 0 radical (unpaired) electrons. The minimum atomic E-state index is -0.437. The molecule has 0 aliphatic carbocycles. The number of rotatable bonds is 3. The molecule has 0 saturated heterocycles. The van der Waals surface area contributed by atoms with Gasteiger partial charge in [0.1, 0.15) is 5.82 Å². The van der Waals surface area contributed by atoms with Crippen LogP contribution in [0.1, 0.15) is 30.1 Å². The van der Waals surface area contributed by atoms with E-state index in [4.69, 9.17) is 4.52 Å². The molecule has 0 saturated carbocycles. The first-order chi connectivity index (χ1) is 8.49. The van der Waals surface area contributed by atoms with Gasteiger partial charge in [-0.1, -0.05) is 19.0 Å². The van der Waals surface area contributed by atoms with Gasteiger partial charge in [0.2, 0.25) is 11.7 Å². The third kappa shape index (κ3) is 2.30. The Labute approximate surface area is 104 Å². The molecular weight excluding hydrogens is 235 g/mol. The van der Waals surface area contributed by atoms with Crippen molar-refractivity contribution >= 4 is 5.78 Å². The largest absolute Gasteiger partial charge is 0.339 e. The zero-order chi connectivity index (χ0) is 13.3. The van der Waals surface area contributed by atoms with Crippen LogP contribution in [0.15, 0.2) is 22.7 Å². The van der Waals surface area contributed by atoms with E-state index in [1.807, 2.05) is 0 Å². The Hall–Kier alpha value is -2.04. The van der Waals surface area contributed by atoms with Crippen LogP contribution < -0.4 is 0 Å². The van der Waals surface area contributed by atoms with Gasteiger partial charge in [0.25, 0.3) is 0 Å². The van der Waals surface area contributed by atoms with Crippen molar-refractivity contribution in [3.05, 3.63) is 35.5 Å². The molecule has 0 bridgehead atoms. The lowest BCUT2D eigenvalue weighted by atomic mass is 9.96. The Kier molecular flexibility index (Phi) is 3.23. The fourth-order valence-corrected chi connectivity index (χ4v) is 1.64. The molecule has 0 aliphatic heterocycles. The van der Waals surface area contributed by atoms with Crippen molar-refractivity contribution in [3.8, 4) is 11.4 Å². The summed E-state index contributed by atoms with van der Waals surface area (Å²) in [6.45, 7) is 5.22. The summed E-state index contributed by atoms with van der Waals surface area (Å²) in [6.07, 6.45) is 0. The number of hydrogen-bond acceptors (Lipinski definition) is 4. The van der Waals surface area contributed by atoms with Gasteiger partial charge in [-0.15, -0.1) is 0 Å².